The lowest BCUT2D eigenvalue weighted by molar-refractivity contribution is -0.118. The number of hydrogen-bond acceptors (Lipinski definition) is 4. The number of amides is 3. The van der Waals surface area contributed by atoms with E-state index in [4.69, 9.17) is 11.6 Å². The van der Waals surface area contributed by atoms with E-state index in [1.807, 2.05) is 0 Å². The standard InChI is InChI=1S/C17H14ClN3O3/c1-2-8-21-16(23)11-5-3-4-10-13(19-20-14(22)9-18)7-6-12(15(10)11)17(21)24/h2-7,19H,1,8-9H2,(H,20,22). The SMILES string of the molecule is C=CCN1C(=O)c2cccc3c(NNC(=O)CCl)ccc(c23)C1=O. The van der Waals surface area contributed by atoms with Gasteiger partial charge in [0.25, 0.3) is 17.7 Å². The molecule has 0 fully saturated rings. The Morgan fingerprint density at radius 1 is 1.17 bits per heavy atom. The molecule has 0 radical (unpaired) electrons. The molecule has 0 bridgehead atoms. The fourth-order valence-electron chi connectivity index (χ4n) is 2.72. The summed E-state index contributed by atoms with van der Waals surface area (Å²) in [6, 6.07) is 8.50. The number of carbonyl (C=O) groups is 3. The van der Waals surface area contributed by atoms with Crippen LogP contribution in [0, 0.1) is 0 Å². The van der Waals surface area contributed by atoms with Crippen molar-refractivity contribution in [2.75, 3.05) is 17.9 Å². The van der Waals surface area contributed by atoms with Crippen molar-refractivity contribution >= 4 is 45.8 Å². The third-order valence-corrected chi connectivity index (χ3v) is 4.00. The van der Waals surface area contributed by atoms with E-state index < -0.39 is 0 Å². The molecule has 1 heterocycles. The lowest BCUT2D eigenvalue weighted by atomic mass is 9.93. The highest BCUT2D eigenvalue weighted by atomic mass is 35.5. The minimum atomic E-state index is -0.388. The zero-order chi connectivity index (χ0) is 17.3. The maximum atomic E-state index is 12.6. The molecule has 0 unspecified atom stereocenters. The van der Waals surface area contributed by atoms with Crippen LogP contribution in [0.4, 0.5) is 5.69 Å². The van der Waals surface area contributed by atoms with Gasteiger partial charge >= 0.3 is 0 Å². The van der Waals surface area contributed by atoms with E-state index >= 15 is 0 Å². The highest BCUT2D eigenvalue weighted by Crippen LogP contribution is 2.34. The molecule has 122 valence electrons. The molecule has 2 aromatic carbocycles. The number of halogens is 1. The third kappa shape index (κ3) is 2.51. The van der Waals surface area contributed by atoms with Crippen LogP contribution >= 0.6 is 11.6 Å². The molecule has 0 saturated carbocycles. The van der Waals surface area contributed by atoms with Crippen LogP contribution in [0.15, 0.2) is 43.0 Å². The number of benzene rings is 2. The molecular formula is C17H14ClN3O3. The highest BCUT2D eigenvalue weighted by Gasteiger charge is 2.32. The largest absolute Gasteiger partial charge is 0.298 e. The van der Waals surface area contributed by atoms with Crippen molar-refractivity contribution in [3.63, 3.8) is 0 Å². The maximum Gasteiger partial charge on any atom is 0.261 e. The highest BCUT2D eigenvalue weighted by molar-refractivity contribution is 6.28. The predicted molar refractivity (Wildman–Crippen MR) is 92.0 cm³/mol. The average molecular weight is 344 g/mol. The van der Waals surface area contributed by atoms with Crippen molar-refractivity contribution < 1.29 is 14.4 Å². The van der Waals surface area contributed by atoms with Gasteiger partial charge in [-0.05, 0) is 18.2 Å². The summed E-state index contributed by atoms with van der Waals surface area (Å²) in [5.41, 5.74) is 6.68. The first-order valence-corrected chi connectivity index (χ1v) is 7.75. The number of imide groups is 1. The topological polar surface area (TPSA) is 78.5 Å². The fraction of sp³-hybridized carbons (Fsp3) is 0.118. The molecule has 0 spiro atoms. The Balaban J connectivity index is 2.13. The van der Waals surface area contributed by atoms with Gasteiger partial charge in [-0.3, -0.25) is 30.1 Å². The van der Waals surface area contributed by atoms with E-state index in [0.29, 0.717) is 27.6 Å². The number of nitrogens with zero attached hydrogens (tertiary/aromatic N) is 1. The predicted octanol–water partition coefficient (Wildman–Crippen LogP) is 2.30. The number of nitrogens with one attached hydrogen (secondary N) is 2. The van der Waals surface area contributed by atoms with E-state index in [-0.39, 0.29) is 30.1 Å². The number of alkyl halides is 1. The summed E-state index contributed by atoms with van der Waals surface area (Å²) in [5.74, 6) is -1.29. The van der Waals surface area contributed by atoms with Crippen molar-refractivity contribution in [3.8, 4) is 0 Å². The first kappa shape index (κ1) is 16.0. The lowest BCUT2D eigenvalue weighted by Crippen LogP contribution is -2.40. The Kier molecular flexibility index (Phi) is 4.22. The second-order valence-electron chi connectivity index (χ2n) is 5.21. The van der Waals surface area contributed by atoms with Gasteiger partial charge in [0.1, 0.15) is 5.88 Å². The molecule has 1 aliphatic rings. The summed E-state index contributed by atoms with van der Waals surface area (Å²) in [7, 11) is 0. The van der Waals surface area contributed by atoms with E-state index in [9.17, 15) is 14.4 Å². The normalized spacial score (nSPS) is 13.1. The van der Waals surface area contributed by atoms with Crippen molar-refractivity contribution in [2.45, 2.75) is 0 Å². The maximum absolute atomic E-state index is 12.6. The molecule has 2 N–H and O–H groups in total. The number of anilines is 1. The van der Waals surface area contributed by atoms with Crippen LogP contribution in [0.3, 0.4) is 0 Å². The smallest absolute Gasteiger partial charge is 0.261 e. The van der Waals surface area contributed by atoms with Crippen LogP contribution in [0.5, 0.6) is 0 Å². The van der Waals surface area contributed by atoms with Gasteiger partial charge in [-0.15, -0.1) is 18.2 Å². The molecule has 7 heteroatoms. The number of hydrogen-bond donors (Lipinski definition) is 2. The number of rotatable bonds is 5. The molecule has 1 aliphatic heterocycles. The summed E-state index contributed by atoms with van der Waals surface area (Å²) in [4.78, 5) is 37.6. The van der Waals surface area contributed by atoms with Gasteiger partial charge in [-0.1, -0.05) is 18.2 Å². The molecule has 3 amide bonds. The van der Waals surface area contributed by atoms with E-state index in [0.717, 1.165) is 4.90 Å². The monoisotopic (exact) mass is 343 g/mol. The molecule has 0 aliphatic carbocycles. The van der Waals surface area contributed by atoms with E-state index in [1.54, 1.807) is 30.3 Å². The Hall–Kier alpha value is -2.86. The van der Waals surface area contributed by atoms with Gasteiger partial charge in [0.15, 0.2) is 0 Å². The summed E-state index contributed by atoms with van der Waals surface area (Å²) < 4.78 is 0. The molecule has 0 aromatic heterocycles. The molecule has 3 rings (SSSR count). The molecule has 0 saturated heterocycles. The van der Waals surface area contributed by atoms with Gasteiger partial charge in [0.2, 0.25) is 0 Å². The first-order chi connectivity index (χ1) is 11.6. The minimum Gasteiger partial charge on any atom is -0.298 e. The third-order valence-electron chi connectivity index (χ3n) is 3.76. The van der Waals surface area contributed by atoms with Gasteiger partial charge in [0.05, 0.1) is 5.69 Å². The minimum absolute atomic E-state index is 0.152. The van der Waals surface area contributed by atoms with Crippen LogP contribution in [0.2, 0.25) is 0 Å². The van der Waals surface area contributed by atoms with Crippen molar-refractivity contribution in [2.24, 2.45) is 0 Å². The van der Waals surface area contributed by atoms with Crippen LogP contribution in [0.25, 0.3) is 10.8 Å². The van der Waals surface area contributed by atoms with Crippen molar-refractivity contribution in [3.05, 3.63) is 54.1 Å². The summed E-state index contributed by atoms with van der Waals surface area (Å²) in [6.07, 6.45) is 1.51. The quantitative estimate of drug-likeness (QED) is 0.378. The lowest BCUT2D eigenvalue weighted by Gasteiger charge is -2.27. The van der Waals surface area contributed by atoms with Gasteiger partial charge < -0.3 is 0 Å². The summed E-state index contributed by atoms with van der Waals surface area (Å²) >= 11 is 5.45. The Morgan fingerprint density at radius 2 is 1.88 bits per heavy atom. The Bertz CT molecular complexity index is 857. The van der Waals surface area contributed by atoms with Gasteiger partial charge in [-0.2, -0.15) is 0 Å². The van der Waals surface area contributed by atoms with Crippen LogP contribution in [-0.2, 0) is 4.79 Å². The summed E-state index contributed by atoms with van der Waals surface area (Å²) in [5, 5.41) is 1.23. The Labute approximate surface area is 143 Å². The summed E-state index contributed by atoms with van der Waals surface area (Å²) in [6.45, 7) is 3.74. The van der Waals surface area contributed by atoms with Crippen LogP contribution in [0.1, 0.15) is 20.7 Å². The molecule has 6 nitrogen and oxygen atoms in total. The van der Waals surface area contributed by atoms with Crippen molar-refractivity contribution in [1.29, 1.82) is 0 Å². The van der Waals surface area contributed by atoms with E-state index in [2.05, 4.69) is 17.4 Å². The van der Waals surface area contributed by atoms with E-state index in [1.165, 1.54) is 6.08 Å². The molecule has 24 heavy (non-hydrogen) atoms. The second kappa shape index (κ2) is 6.33. The first-order valence-electron chi connectivity index (χ1n) is 7.22. The second-order valence-corrected chi connectivity index (χ2v) is 5.47. The van der Waals surface area contributed by atoms with Crippen molar-refractivity contribution in [1.82, 2.24) is 10.3 Å². The number of hydrazine groups is 1. The Morgan fingerprint density at radius 3 is 2.54 bits per heavy atom. The van der Waals surface area contributed by atoms with Crippen LogP contribution < -0.4 is 10.9 Å². The molecule has 0 atom stereocenters. The fourth-order valence-corrected chi connectivity index (χ4v) is 2.79. The van der Waals surface area contributed by atoms with Gasteiger partial charge in [0, 0.05) is 28.4 Å². The van der Waals surface area contributed by atoms with Crippen LogP contribution in [-0.4, -0.2) is 35.0 Å². The average Bonchev–Trinajstić information content (AvgIpc) is 2.61. The van der Waals surface area contributed by atoms with Gasteiger partial charge in [-0.25, -0.2) is 0 Å². The number of carbonyl (C=O) groups excluding carboxylic acids is 3. The molecular weight excluding hydrogens is 330 g/mol. The zero-order valence-corrected chi connectivity index (χ0v) is 13.4. The molecule has 2 aromatic rings. The zero-order valence-electron chi connectivity index (χ0n) is 12.6.